The maximum Gasteiger partial charge on any atom is 0.226 e. The molecule has 2 N–H and O–H groups in total. The highest BCUT2D eigenvalue weighted by Crippen LogP contribution is 2.21. The van der Waals surface area contributed by atoms with Crippen LogP contribution in [0.15, 0.2) is 30.3 Å². The van der Waals surface area contributed by atoms with Crippen molar-refractivity contribution in [2.45, 2.75) is 13.3 Å². The number of rotatable bonds is 5. The lowest BCUT2D eigenvalue weighted by atomic mass is 10.2. The minimum absolute atomic E-state index is 0.0182. The molecule has 7 heteroatoms. The second kappa shape index (κ2) is 7.37. The van der Waals surface area contributed by atoms with Crippen molar-refractivity contribution >= 4 is 28.9 Å². The Morgan fingerprint density at radius 2 is 1.83 bits per heavy atom. The van der Waals surface area contributed by atoms with Crippen LogP contribution < -0.4 is 10.6 Å². The van der Waals surface area contributed by atoms with E-state index in [1.54, 1.807) is 12.1 Å². The van der Waals surface area contributed by atoms with E-state index in [-0.39, 0.29) is 13.0 Å². The van der Waals surface area contributed by atoms with Gasteiger partial charge < -0.3 is 10.6 Å². The molecule has 2 rings (SSSR count). The summed E-state index contributed by atoms with van der Waals surface area (Å²) in [7, 11) is 0. The fourth-order valence-corrected chi connectivity index (χ4v) is 2.10. The highest BCUT2D eigenvalue weighted by atomic mass is 35.5. The number of anilines is 2. The van der Waals surface area contributed by atoms with Gasteiger partial charge >= 0.3 is 0 Å². The summed E-state index contributed by atoms with van der Waals surface area (Å²) in [5.41, 5.74) is 1.35. The molecule has 2 aromatic carbocycles. The summed E-state index contributed by atoms with van der Waals surface area (Å²) in [5.74, 6) is -4.87. The lowest BCUT2D eigenvalue weighted by Gasteiger charge is -2.11. The van der Waals surface area contributed by atoms with Crippen LogP contribution in [-0.2, 0) is 4.79 Å². The van der Waals surface area contributed by atoms with Crippen LogP contribution in [0.1, 0.15) is 12.0 Å². The molecule has 0 bridgehead atoms. The van der Waals surface area contributed by atoms with Crippen molar-refractivity contribution in [3.8, 4) is 0 Å². The topological polar surface area (TPSA) is 41.1 Å². The van der Waals surface area contributed by atoms with E-state index >= 15 is 0 Å². The number of carbonyl (C=O) groups is 1. The predicted octanol–water partition coefficient (Wildman–Crippen LogP) is 4.51. The van der Waals surface area contributed by atoms with Gasteiger partial charge in [0.15, 0.2) is 17.5 Å². The third kappa shape index (κ3) is 4.39. The number of benzene rings is 2. The third-order valence-corrected chi connectivity index (χ3v) is 3.41. The van der Waals surface area contributed by atoms with Gasteiger partial charge in [-0.15, -0.1) is 0 Å². The first kappa shape index (κ1) is 17.1. The zero-order valence-corrected chi connectivity index (χ0v) is 13.0. The number of nitrogens with one attached hydrogen (secondary N) is 2. The van der Waals surface area contributed by atoms with Gasteiger partial charge in [-0.25, -0.2) is 13.2 Å². The van der Waals surface area contributed by atoms with E-state index in [1.807, 2.05) is 13.0 Å². The Balaban J connectivity index is 1.91. The minimum atomic E-state index is -1.62. The Kier molecular flexibility index (Phi) is 5.50. The summed E-state index contributed by atoms with van der Waals surface area (Å²) in [6.45, 7) is 2.16. The molecule has 1 amide bonds. The number of halogens is 4. The zero-order chi connectivity index (χ0) is 17.0. The van der Waals surface area contributed by atoms with Gasteiger partial charge in [-0.2, -0.15) is 0 Å². The fourth-order valence-electron chi connectivity index (χ4n) is 1.93. The molecule has 0 fully saturated rings. The molecule has 0 heterocycles. The highest BCUT2D eigenvalue weighted by molar-refractivity contribution is 6.30. The van der Waals surface area contributed by atoms with Crippen LogP contribution in [0, 0.1) is 24.4 Å². The maximum absolute atomic E-state index is 13.4. The predicted molar refractivity (Wildman–Crippen MR) is 84.2 cm³/mol. The van der Waals surface area contributed by atoms with Crippen LogP contribution in [0.2, 0.25) is 5.02 Å². The molecular formula is C16H14ClF3N2O. The van der Waals surface area contributed by atoms with E-state index < -0.39 is 29.0 Å². The standard InChI is InChI=1S/C16H14ClF3N2O/c1-9-2-3-10(17)8-13(9)21-7-6-14(23)22-12-5-4-11(18)15(19)16(12)20/h2-5,8,21H,6-7H2,1H3,(H,22,23). The summed E-state index contributed by atoms with van der Waals surface area (Å²) in [6.07, 6.45) is 0.0182. The molecule has 0 aliphatic carbocycles. The van der Waals surface area contributed by atoms with Crippen molar-refractivity contribution in [2.24, 2.45) is 0 Å². The molecule has 0 aliphatic rings. The van der Waals surface area contributed by atoms with Crippen LogP contribution in [0.5, 0.6) is 0 Å². The lowest BCUT2D eigenvalue weighted by Crippen LogP contribution is -2.17. The van der Waals surface area contributed by atoms with E-state index in [9.17, 15) is 18.0 Å². The van der Waals surface area contributed by atoms with E-state index in [4.69, 9.17) is 11.6 Å². The van der Waals surface area contributed by atoms with Gasteiger partial charge in [0.25, 0.3) is 0 Å². The molecule has 0 spiro atoms. The average molecular weight is 343 g/mol. The van der Waals surface area contributed by atoms with Gasteiger partial charge in [0, 0.05) is 23.7 Å². The van der Waals surface area contributed by atoms with Crippen LogP contribution in [0.4, 0.5) is 24.5 Å². The van der Waals surface area contributed by atoms with Gasteiger partial charge in [0.05, 0.1) is 5.69 Å². The molecule has 0 aliphatic heterocycles. The molecule has 3 nitrogen and oxygen atoms in total. The second-order valence-electron chi connectivity index (χ2n) is 4.91. The summed E-state index contributed by atoms with van der Waals surface area (Å²) in [5, 5.41) is 5.80. The number of amides is 1. The molecule has 0 unspecified atom stereocenters. The van der Waals surface area contributed by atoms with Crippen LogP contribution in [0.25, 0.3) is 0 Å². The summed E-state index contributed by atoms with van der Waals surface area (Å²) >= 11 is 5.88. The number of hydrogen-bond acceptors (Lipinski definition) is 2. The van der Waals surface area contributed by atoms with Crippen molar-refractivity contribution in [1.82, 2.24) is 0 Å². The van der Waals surface area contributed by atoms with E-state index in [0.29, 0.717) is 5.02 Å². The van der Waals surface area contributed by atoms with E-state index in [2.05, 4.69) is 10.6 Å². The van der Waals surface area contributed by atoms with Gasteiger partial charge in [-0.05, 0) is 36.8 Å². The molecule has 0 saturated carbocycles. The molecular weight excluding hydrogens is 329 g/mol. The Hall–Kier alpha value is -2.21. The minimum Gasteiger partial charge on any atom is -0.384 e. The van der Waals surface area contributed by atoms with Crippen LogP contribution in [0.3, 0.4) is 0 Å². The summed E-state index contributed by atoms with van der Waals surface area (Å²) in [4.78, 5) is 11.7. The van der Waals surface area contributed by atoms with Crippen molar-refractivity contribution in [3.05, 3.63) is 58.4 Å². The number of aryl methyl sites for hydroxylation is 1. The van der Waals surface area contributed by atoms with Gasteiger partial charge in [0.2, 0.25) is 5.91 Å². The molecule has 2 aromatic rings. The monoisotopic (exact) mass is 342 g/mol. The van der Waals surface area contributed by atoms with Crippen LogP contribution in [-0.4, -0.2) is 12.5 Å². The largest absolute Gasteiger partial charge is 0.384 e. The van der Waals surface area contributed by atoms with Crippen molar-refractivity contribution in [1.29, 1.82) is 0 Å². The zero-order valence-electron chi connectivity index (χ0n) is 12.2. The molecule has 122 valence electrons. The smallest absolute Gasteiger partial charge is 0.226 e. The first-order valence-corrected chi connectivity index (χ1v) is 7.19. The molecule has 0 atom stereocenters. The molecule has 0 saturated heterocycles. The van der Waals surface area contributed by atoms with Crippen molar-refractivity contribution in [2.75, 3.05) is 17.2 Å². The summed E-state index contributed by atoms with van der Waals surface area (Å²) < 4.78 is 39.3. The lowest BCUT2D eigenvalue weighted by molar-refractivity contribution is -0.116. The Labute approximate surface area is 136 Å². The van der Waals surface area contributed by atoms with Crippen molar-refractivity contribution in [3.63, 3.8) is 0 Å². The molecule has 0 radical (unpaired) electrons. The first-order chi connectivity index (χ1) is 10.9. The van der Waals surface area contributed by atoms with E-state index in [0.717, 1.165) is 23.4 Å². The summed E-state index contributed by atoms with van der Waals surface area (Å²) in [6, 6.07) is 7.04. The Bertz CT molecular complexity index is 738. The SMILES string of the molecule is Cc1ccc(Cl)cc1NCCC(=O)Nc1ccc(F)c(F)c1F. The molecule has 0 aromatic heterocycles. The molecule has 23 heavy (non-hydrogen) atoms. The number of carbonyl (C=O) groups excluding carboxylic acids is 1. The highest BCUT2D eigenvalue weighted by Gasteiger charge is 2.15. The fraction of sp³-hybridized carbons (Fsp3) is 0.188. The Morgan fingerprint density at radius 1 is 1.09 bits per heavy atom. The van der Waals surface area contributed by atoms with Gasteiger partial charge in [0.1, 0.15) is 0 Å². The van der Waals surface area contributed by atoms with Crippen molar-refractivity contribution < 1.29 is 18.0 Å². The van der Waals surface area contributed by atoms with Gasteiger partial charge in [-0.1, -0.05) is 17.7 Å². The Morgan fingerprint density at radius 3 is 2.57 bits per heavy atom. The maximum atomic E-state index is 13.4. The third-order valence-electron chi connectivity index (χ3n) is 3.18. The quantitative estimate of drug-likeness (QED) is 0.785. The first-order valence-electron chi connectivity index (χ1n) is 6.82. The van der Waals surface area contributed by atoms with E-state index in [1.165, 1.54) is 0 Å². The number of hydrogen-bond donors (Lipinski definition) is 2. The average Bonchev–Trinajstić information content (AvgIpc) is 2.51. The van der Waals surface area contributed by atoms with Gasteiger partial charge in [-0.3, -0.25) is 4.79 Å². The second-order valence-corrected chi connectivity index (χ2v) is 5.34. The normalized spacial score (nSPS) is 10.5. The van der Waals surface area contributed by atoms with Crippen LogP contribution >= 0.6 is 11.6 Å².